The van der Waals surface area contributed by atoms with Gasteiger partial charge in [0.1, 0.15) is 5.82 Å². The molecule has 5 nitrogen and oxygen atoms in total. The van der Waals surface area contributed by atoms with Crippen molar-refractivity contribution in [3.8, 4) is 11.3 Å². The molecule has 3 rings (SSSR count). The number of rotatable bonds is 3. The van der Waals surface area contributed by atoms with Crippen molar-refractivity contribution in [1.82, 2.24) is 4.98 Å². The molecule has 1 aliphatic rings. The van der Waals surface area contributed by atoms with Crippen molar-refractivity contribution in [1.29, 1.82) is 0 Å². The molecule has 1 saturated heterocycles. The summed E-state index contributed by atoms with van der Waals surface area (Å²) in [5, 5.41) is 2.34. The Morgan fingerprint density at radius 1 is 1.41 bits per heavy atom. The van der Waals surface area contributed by atoms with Gasteiger partial charge in [0.05, 0.1) is 18.7 Å². The van der Waals surface area contributed by atoms with Gasteiger partial charge in [-0.2, -0.15) is 0 Å². The molecule has 1 amide bonds. The highest BCUT2D eigenvalue weighted by Gasteiger charge is 2.37. The SMILES string of the molecule is COC(=O)C1CC(=O)N(c2nc(-c3ccc(F)cc3)cs2)C1. The molecule has 2 aromatic rings. The second-order valence-corrected chi connectivity index (χ2v) is 5.79. The molecular weight excluding hydrogens is 307 g/mol. The molecule has 1 aromatic carbocycles. The van der Waals surface area contributed by atoms with Crippen LogP contribution in [0.15, 0.2) is 29.6 Å². The number of nitrogens with zero attached hydrogens (tertiary/aromatic N) is 2. The van der Waals surface area contributed by atoms with Crippen molar-refractivity contribution in [2.45, 2.75) is 6.42 Å². The van der Waals surface area contributed by atoms with Crippen LogP contribution >= 0.6 is 11.3 Å². The molecule has 1 atom stereocenters. The molecule has 0 N–H and O–H groups in total. The van der Waals surface area contributed by atoms with Gasteiger partial charge in [-0.1, -0.05) is 0 Å². The van der Waals surface area contributed by atoms with Gasteiger partial charge in [-0.05, 0) is 24.3 Å². The van der Waals surface area contributed by atoms with Gasteiger partial charge in [-0.15, -0.1) is 11.3 Å². The first kappa shape index (κ1) is 14.6. The molecule has 114 valence electrons. The number of carbonyl (C=O) groups is 2. The normalized spacial score (nSPS) is 17.8. The lowest BCUT2D eigenvalue weighted by molar-refractivity contribution is -0.145. The zero-order valence-corrected chi connectivity index (χ0v) is 12.6. The molecule has 2 heterocycles. The van der Waals surface area contributed by atoms with Crippen molar-refractivity contribution in [3.05, 3.63) is 35.5 Å². The highest BCUT2D eigenvalue weighted by Crippen LogP contribution is 2.31. The van der Waals surface area contributed by atoms with Gasteiger partial charge in [0.2, 0.25) is 5.91 Å². The van der Waals surface area contributed by atoms with E-state index in [-0.39, 0.29) is 30.7 Å². The Morgan fingerprint density at radius 3 is 2.82 bits per heavy atom. The van der Waals surface area contributed by atoms with Crippen molar-refractivity contribution < 1.29 is 18.7 Å². The first-order valence-corrected chi connectivity index (χ1v) is 7.56. The number of carbonyl (C=O) groups excluding carboxylic acids is 2. The smallest absolute Gasteiger partial charge is 0.311 e. The van der Waals surface area contributed by atoms with E-state index in [1.54, 1.807) is 17.5 Å². The van der Waals surface area contributed by atoms with E-state index in [0.29, 0.717) is 10.8 Å². The molecule has 1 unspecified atom stereocenters. The number of methoxy groups -OCH3 is 1. The van der Waals surface area contributed by atoms with Crippen LogP contribution in [0.2, 0.25) is 0 Å². The third-order valence-electron chi connectivity index (χ3n) is 3.52. The number of benzene rings is 1. The van der Waals surface area contributed by atoms with E-state index < -0.39 is 5.92 Å². The molecule has 0 radical (unpaired) electrons. The summed E-state index contributed by atoms with van der Waals surface area (Å²) in [5.41, 5.74) is 1.45. The molecule has 1 aromatic heterocycles. The highest BCUT2D eigenvalue weighted by atomic mass is 32.1. The first-order chi connectivity index (χ1) is 10.6. The summed E-state index contributed by atoms with van der Waals surface area (Å²) >= 11 is 1.32. The summed E-state index contributed by atoms with van der Waals surface area (Å²) in [5.74, 6) is -1.29. The Kier molecular flexibility index (Phi) is 3.89. The number of hydrogen-bond acceptors (Lipinski definition) is 5. The third kappa shape index (κ3) is 2.71. The van der Waals surface area contributed by atoms with Crippen molar-refractivity contribution >= 4 is 28.3 Å². The van der Waals surface area contributed by atoms with E-state index in [1.807, 2.05) is 0 Å². The number of esters is 1. The fourth-order valence-corrected chi connectivity index (χ4v) is 3.22. The van der Waals surface area contributed by atoms with Gasteiger partial charge in [0.15, 0.2) is 5.13 Å². The maximum Gasteiger partial charge on any atom is 0.311 e. The van der Waals surface area contributed by atoms with Crippen LogP contribution in [-0.2, 0) is 14.3 Å². The van der Waals surface area contributed by atoms with Crippen LogP contribution < -0.4 is 4.90 Å². The molecule has 22 heavy (non-hydrogen) atoms. The number of hydrogen-bond donors (Lipinski definition) is 0. The Morgan fingerprint density at radius 2 is 2.14 bits per heavy atom. The molecule has 7 heteroatoms. The van der Waals surface area contributed by atoms with Crippen LogP contribution in [0, 0.1) is 11.7 Å². The molecule has 1 aliphatic heterocycles. The van der Waals surface area contributed by atoms with Gasteiger partial charge in [0.25, 0.3) is 0 Å². The summed E-state index contributed by atoms with van der Waals surface area (Å²) < 4.78 is 17.6. The summed E-state index contributed by atoms with van der Waals surface area (Å²) in [7, 11) is 1.31. The van der Waals surface area contributed by atoms with E-state index in [2.05, 4.69) is 9.72 Å². The highest BCUT2D eigenvalue weighted by molar-refractivity contribution is 7.14. The van der Waals surface area contributed by atoms with Crippen molar-refractivity contribution in [3.63, 3.8) is 0 Å². The van der Waals surface area contributed by atoms with Crippen LogP contribution in [0.4, 0.5) is 9.52 Å². The van der Waals surface area contributed by atoms with Gasteiger partial charge in [-0.3, -0.25) is 14.5 Å². The lowest BCUT2D eigenvalue weighted by atomic mass is 10.1. The molecule has 0 saturated carbocycles. The zero-order chi connectivity index (χ0) is 15.7. The van der Waals surface area contributed by atoms with E-state index >= 15 is 0 Å². The predicted octanol–water partition coefficient (Wildman–Crippen LogP) is 2.48. The van der Waals surface area contributed by atoms with Gasteiger partial charge in [-0.25, -0.2) is 9.37 Å². The number of anilines is 1. The average Bonchev–Trinajstić information content (AvgIpc) is 3.14. The number of aromatic nitrogens is 1. The van der Waals surface area contributed by atoms with Crippen LogP contribution in [0.5, 0.6) is 0 Å². The largest absolute Gasteiger partial charge is 0.469 e. The number of halogens is 1. The maximum atomic E-state index is 12.9. The Labute approximate surface area is 130 Å². The Bertz CT molecular complexity index is 714. The lowest BCUT2D eigenvalue weighted by Crippen LogP contribution is -2.26. The minimum atomic E-state index is -0.448. The summed E-state index contributed by atoms with van der Waals surface area (Å²) in [6.45, 7) is 0.280. The van der Waals surface area contributed by atoms with Crippen molar-refractivity contribution in [2.75, 3.05) is 18.6 Å². The number of amides is 1. The van der Waals surface area contributed by atoms with Crippen LogP contribution in [0.3, 0.4) is 0 Å². The topological polar surface area (TPSA) is 59.5 Å². The van der Waals surface area contributed by atoms with Crippen LogP contribution in [0.1, 0.15) is 6.42 Å². The van der Waals surface area contributed by atoms with E-state index in [9.17, 15) is 14.0 Å². The quantitative estimate of drug-likeness (QED) is 0.815. The average molecular weight is 320 g/mol. The summed E-state index contributed by atoms with van der Waals surface area (Å²) in [6, 6.07) is 6.00. The fraction of sp³-hybridized carbons (Fsp3) is 0.267. The number of ether oxygens (including phenoxy) is 1. The minimum absolute atomic E-state index is 0.137. The molecule has 0 spiro atoms. The maximum absolute atomic E-state index is 12.9. The fourth-order valence-electron chi connectivity index (χ4n) is 2.36. The molecule has 0 aliphatic carbocycles. The second-order valence-electron chi connectivity index (χ2n) is 4.95. The first-order valence-electron chi connectivity index (χ1n) is 6.68. The zero-order valence-electron chi connectivity index (χ0n) is 11.8. The number of thiazole rings is 1. The molecule has 1 fully saturated rings. The van der Waals surface area contributed by atoms with Crippen LogP contribution in [0.25, 0.3) is 11.3 Å². The Hall–Kier alpha value is -2.28. The lowest BCUT2D eigenvalue weighted by Gasteiger charge is -2.12. The van der Waals surface area contributed by atoms with Crippen molar-refractivity contribution in [2.24, 2.45) is 5.92 Å². The molecule has 0 bridgehead atoms. The third-order valence-corrected chi connectivity index (χ3v) is 4.39. The summed E-state index contributed by atoms with van der Waals surface area (Å²) in [4.78, 5) is 29.5. The van der Waals surface area contributed by atoms with Gasteiger partial charge in [0, 0.05) is 23.9 Å². The monoisotopic (exact) mass is 320 g/mol. The standard InChI is InChI=1S/C15H13FN2O3S/c1-21-14(20)10-6-13(19)18(7-10)15-17-12(8-22-15)9-2-4-11(16)5-3-9/h2-5,8,10H,6-7H2,1H3. The van der Waals surface area contributed by atoms with E-state index in [0.717, 1.165) is 5.56 Å². The minimum Gasteiger partial charge on any atom is -0.469 e. The van der Waals surface area contributed by atoms with Gasteiger partial charge < -0.3 is 4.74 Å². The van der Waals surface area contributed by atoms with Gasteiger partial charge >= 0.3 is 5.97 Å². The van der Waals surface area contributed by atoms with Crippen LogP contribution in [-0.4, -0.2) is 30.5 Å². The summed E-state index contributed by atoms with van der Waals surface area (Å²) in [6.07, 6.45) is 0.137. The molecular formula is C15H13FN2O3S. The van der Waals surface area contributed by atoms with E-state index in [1.165, 1.54) is 35.5 Å². The Balaban J connectivity index is 1.80. The second kappa shape index (κ2) is 5.84. The van der Waals surface area contributed by atoms with E-state index in [4.69, 9.17) is 0 Å². The predicted molar refractivity (Wildman–Crippen MR) is 80.0 cm³/mol.